The van der Waals surface area contributed by atoms with Crippen LogP contribution in [0.2, 0.25) is 5.02 Å². The molecule has 2 aromatic carbocycles. The monoisotopic (exact) mass is 511 g/mol. The molecule has 13 heteroatoms. The van der Waals surface area contributed by atoms with Crippen LogP contribution in [0, 0.1) is 0 Å². The van der Waals surface area contributed by atoms with Crippen molar-refractivity contribution < 1.29 is 26.4 Å². The number of sulfone groups is 1. The number of nitrogens with zero attached hydrogens (tertiary/aromatic N) is 3. The highest BCUT2D eigenvalue weighted by Gasteiger charge is 2.36. The third-order valence-electron chi connectivity index (χ3n) is 5.04. The molecule has 2 heterocycles. The molecule has 180 valence electrons. The zero-order chi connectivity index (χ0) is 24.7. The van der Waals surface area contributed by atoms with Gasteiger partial charge in [0, 0.05) is 17.5 Å². The molecule has 3 aromatic rings. The highest BCUT2D eigenvalue weighted by Crippen LogP contribution is 2.35. The maximum absolute atomic E-state index is 13.1. The molecule has 0 spiro atoms. The number of anilines is 2. The zero-order valence-electron chi connectivity index (χ0n) is 17.8. The number of fused-ring (bicyclic) bond motifs is 1. The fourth-order valence-corrected chi connectivity index (χ4v) is 5.10. The van der Waals surface area contributed by atoms with Gasteiger partial charge in [0.2, 0.25) is 11.8 Å². The van der Waals surface area contributed by atoms with Gasteiger partial charge in [-0.05, 0) is 35.9 Å². The summed E-state index contributed by atoms with van der Waals surface area (Å²) in [6.45, 7) is 0.0669. The molecular weight excluding hydrogens is 492 g/mol. The number of hydrogen-bond acceptors (Lipinski definition) is 8. The van der Waals surface area contributed by atoms with Gasteiger partial charge in [-0.3, -0.25) is 4.79 Å². The summed E-state index contributed by atoms with van der Waals surface area (Å²) in [7, 11) is -3.88. The van der Waals surface area contributed by atoms with Gasteiger partial charge < -0.3 is 20.4 Å². The van der Waals surface area contributed by atoms with Crippen molar-refractivity contribution in [1.29, 1.82) is 0 Å². The minimum absolute atomic E-state index is 0.0396. The van der Waals surface area contributed by atoms with Gasteiger partial charge in [0.1, 0.15) is 0 Å². The molecule has 0 fully saturated rings. The SMILES string of the molecule is CC(F)(F)CNc1nnc(-c2ccc3c(c2)N(Cc2ccc(Cl)cc2)C(=O)[C@@H](N)CS3(=O)=O)o1. The first-order chi connectivity index (χ1) is 15.9. The Morgan fingerprint density at radius 1 is 1.24 bits per heavy atom. The lowest BCUT2D eigenvalue weighted by Crippen LogP contribution is -2.45. The lowest BCUT2D eigenvalue weighted by atomic mass is 10.1. The van der Waals surface area contributed by atoms with Crippen molar-refractivity contribution in [3.8, 4) is 11.5 Å². The van der Waals surface area contributed by atoms with Crippen LogP contribution in [0.4, 0.5) is 20.5 Å². The molecule has 0 saturated carbocycles. The van der Waals surface area contributed by atoms with Gasteiger partial charge in [0.15, 0.2) is 9.84 Å². The first kappa shape index (κ1) is 24.0. The van der Waals surface area contributed by atoms with E-state index in [0.717, 1.165) is 6.92 Å². The molecule has 0 radical (unpaired) electrons. The Morgan fingerprint density at radius 3 is 2.62 bits per heavy atom. The predicted octanol–water partition coefficient (Wildman–Crippen LogP) is 3.10. The van der Waals surface area contributed by atoms with Crippen LogP contribution in [0.25, 0.3) is 11.5 Å². The number of benzene rings is 2. The van der Waals surface area contributed by atoms with Gasteiger partial charge >= 0.3 is 6.01 Å². The first-order valence-electron chi connectivity index (χ1n) is 10.1. The first-order valence-corrected chi connectivity index (χ1v) is 12.1. The Balaban J connectivity index is 1.75. The van der Waals surface area contributed by atoms with E-state index in [1.807, 2.05) is 0 Å². The zero-order valence-corrected chi connectivity index (χ0v) is 19.4. The van der Waals surface area contributed by atoms with Gasteiger partial charge in [-0.25, -0.2) is 17.2 Å². The van der Waals surface area contributed by atoms with Crippen LogP contribution in [-0.2, 0) is 21.2 Å². The summed E-state index contributed by atoms with van der Waals surface area (Å²) in [5, 5.41) is 10.4. The van der Waals surface area contributed by atoms with E-state index in [1.165, 1.54) is 23.1 Å². The molecular formula is C21H20ClF2N5O4S. The summed E-state index contributed by atoms with van der Waals surface area (Å²) in [6, 6.07) is 9.43. The van der Waals surface area contributed by atoms with Gasteiger partial charge in [-0.2, -0.15) is 0 Å². The Hall–Kier alpha value is -3.09. The molecule has 1 atom stereocenters. The van der Waals surface area contributed by atoms with Crippen LogP contribution in [0.15, 0.2) is 51.8 Å². The second-order valence-electron chi connectivity index (χ2n) is 7.96. The van der Waals surface area contributed by atoms with Crippen LogP contribution in [-0.4, -0.2) is 48.8 Å². The van der Waals surface area contributed by atoms with E-state index in [0.29, 0.717) is 16.1 Å². The summed E-state index contributed by atoms with van der Waals surface area (Å²) < 4.78 is 57.4. The number of amides is 1. The maximum atomic E-state index is 13.1. The lowest BCUT2D eigenvalue weighted by molar-refractivity contribution is -0.119. The molecule has 0 bridgehead atoms. The average molecular weight is 512 g/mol. The van der Waals surface area contributed by atoms with E-state index < -0.39 is 40.0 Å². The van der Waals surface area contributed by atoms with E-state index in [9.17, 15) is 22.0 Å². The minimum atomic E-state index is -3.88. The number of carbonyl (C=O) groups excluding carboxylic acids is 1. The van der Waals surface area contributed by atoms with Crippen LogP contribution in [0.5, 0.6) is 0 Å². The summed E-state index contributed by atoms with van der Waals surface area (Å²) in [5.41, 5.74) is 7.01. The molecule has 0 aliphatic carbocycles. The normalized spacial score (nSPS) is 17.9. The third kappa shape index (κ3) is 5.18. The van der Waals surface area contributed by atoms with E-state index in [2.05, 4.69) is 15.5 Å². The molecule has 9 nitrogen and oxygen atoms in total. The van der Waals surface area contributed by atoms with Crippen LogP contribution < -0.4 is 16.0 Å². The van der Waals surface area contributed by atoms with Crippen LogP contribution >= 0.6 is 11.6 Å². The Bertz CT molecular complexity index is 1330. The Labute approximate surface area is 198 Å². The van der Waals surface area contributed by atoms with Crippen molar-refractivity contribution >= 4 is 39.0 Å². The topological polar surface area (TPSA) is 131 Å². The van der Waals surface area contributed by atoms with Gasteiger partial charge in [0.25, 0.3) is 5.92 Å². The summed E-state index contributed by atoms with van der Waals surface area (Å²) in [4.78, 5) is 14.3. The molecule has 1 aromatic heterocycles. The highest BCUT2D eigenvalue weighted by molar-refractivity contribution is 7.91. The molecule has 1 aliphatic heterocycles. The molecule has 0 saturated heterocycles. The second-order valence-corrected chi connectivity index (χ2v) is 10.4. The second kappa shape index (κ2) is 8.93. The van der Waals surface area contributed by atoms with Crippen molar-refractivity contribution in [2.45, 2.75) is 30.3 Å². The smallest absolute Gasteiger partial charge is 0.315 e. The van der Waals surface area contributed by atoms with Crippen LogP contribution in [0.1, 0.15) is 12.5 Å². The van der Waals surface area contributed by atoms with Gasteiger partial charge in [-0.1, -0.05) is 28.8 Å². The van der Waals surface area contributed by atoms with E-state index in [-0.39, 0.29) is 29.0 Å². The maximum Gasteiger partial charge on any atom is 0.315 e. The van der Waals surface area contributed by atoms with Crippen molar-refractivity contribution in [3.05, 3.63) is 53.1 Å². The number of halogens is 3. The molecule has 1 aliphatic rings. The summed E-state index contributed by atoms with van der Waals surface area (Å²) >= 11 is 5.94. The number of rotatable bonds is 6. The number of alkyl halides is 2. The third-order valence-corrected chi connectivity index (χ3v) is 7.11. The molecule has 1 amide bonds. The predicted molar refractivity (Wildman–Crippen MR) is 122 cm³/mol. The molecule has 3 N–H and O–H groups in total. The average Bonchev–Trinajstić information content (AvgIpc) is 3.22. The van der Waals surface area contributed by atoms with Gasteiger partial charge in [0.05, 0.1) is 35.5 Å². The summed E-state index contributed by atoms with van der Waals surface area (Å²) in [5.74, 6) is -4.16. The van der Waals surface area contributed by atoms with E-state index >= 15 is 0 Å². The van der Waals surface area contributed by atoms with Crippen LogP contribution in [0.3, 0.4) is 0 Å². The van der Waals surface area contributed by atoms with Crippen molar-refractivity contribution in [3.63, 3.8) is 0 Å². The standard InChI is InChI=1S/C21H20ClF2N5O4S/c1-21(23,24)11-26-20-28-27-18(33-20)13-4-7-17-16(8-13)29(9-12-2-5-14(22)6-3-12)19(30)15(25)10-34(17,31)32/h2-8,15H,9-11,25H2,1H3,(H,26,28)/t15-/m0/s1. The Morgan fingerprint density at radius 2 is 1.94 bits per heavy atom. The summed E-state index contributed by atoms with van der Waals surface area (Å²) in [6.07, 6.45) is 0. The number of aromatic nitrogens is 2. The molecule has 34 heavy (non-hydrogen) atoms. The number of carbonyl (C=O) groups is 1. The lowest BCUT2D eigenvalue weighted by Gasteiger charge is -2.24. The number of nitrogens with one attached hydrogen (secondary N) is 1. The van der Waals surface area contributed by atoms with Gasteiger partial charge in [-0.15, -0.1) is 5.10 Å². The van der Waals surface area contributed by atoms with Crippen molar-refractivity contribution in [2.24, 2.45) is 5.73 Å². The fraction of sp³-hybridized carbons (Fsp3) is 0.286. The number of nitrogens with two attached hydrogens (primary N) is 1. The number of hydrogen-bond donors (Lipinski definition) is 2. The van der Waals surface area contributed by atoms with Crippen molar-refractivity contribution in [1.82, 2.24) is 10.2 Å². The van der Waals surface area contributed by atoms with Crippen molar-refractivity contribution in [2.75, 3.05) is 22.5 Å². The minimum Gasteiger partial charge on any atom is -0.403 e. The Kier molecular flexibility index (Phi) is 6.32. The van der Waals surface area contributed by atoms with E-state index in [4.69, 9.17) is 21.8 Å². The molecule has 0 unspecified atom stereocenters. The van der Waals surface area contributed by atoms with E-state index in [1.54, 1.807) is 24.3 Å². The highest BCUT2D eigenvalue weighted by atomic mass is 35.5. The quantitative estimate of drug-likeness (QED) is 0.516. The fourth-order valence-electron chi connectivity index (χ4n) is 3.42. The molecule has 4 rings (SSSR count). The largest absolute Gasteiger partial charge is 0.403 e.